The number of rotatable bonds is 3. The van der Waals surface area contributed by atoms with Crippen molar-refractivity contribution < 1.29 is 0 Å². The van der Waals surface area contributed by atoms with Crippen LogP contribution in [0, 0.1) is 6.92 Å². The van der Waals surface area contributed by atoms with Gasteiger partial charge in [0.15, 0.2) is 0 Å². The van der Waals surface area contributed by atoms with Gasteiger partial charge in [0.25, 0.3) is 0 Å². The third kappa shape index (κ3) is 2.51. The van der Waals surface area contributed by atoms with Crippen LogP contribution in [-0.2, 0) is 13.0 Å². The van der Waals surface area contributed by atoms with Gasteiger partial charge in [0.05, 0.1) is 0 Å². The zero-order valence-corrected chi connectivity index (χ0v) is 12.0. The molecule has 0 amide bonds. The van der Waals surface area contributed by atoms with Crippen molar-refractivity contribution in [2.45, 2.75) is 25.9 Å². The average Bonchev–Trinajstić information content (AvgIpc) is 2.47. The number of nitrogens with zero attached hydrogens (tertiary/aromatic N) is 3. The molecule has 1 aliphatic rings. The van der Waals surface area contributed by atoms with Crippen molar-refractivity contribution in [2.75, 3.05) is 18.5 Å². The highest BCUT2D eigenvalue weighted by Crippen LogP contribution is 2.26. The van der Waals surface area contributed by atoms with E-state index in [9.17, 15) is 0 Å². The van der Waals surface area contributed by atoms with E-state index in [0.717, 1.165) is 31.2 Å². The number of fused-ring (bicyclic) bond motifs is 1. The predicted molar refractivity (Wildman–Crippen MR) is 80.8 cm³/mol. The summed E-state index contributed by atoms with van der Waals surface area (Å²) in [6.07, 6.45) is 2.88. The van der Waals surface area contributed by atoms with E-state index in [2.05, 4.69) is 44.5 Å². The fourth-order valence-electron chi connectivity index (χ4n) is 2.81. The number of hydrogen-bond acceptors (Lipinski definition) is 4. The highest BCUT2D eigenvalue weighted by Gasteiger charge is 2.27. The number of benzene rings is 1. The number of aryl methyl sites for hydroxylation is 1. The molecule has 1 aromatic heterocycles. The molecular weight excluding hydrogens is 248 g/mol. The molecule has 1 N–H and O–H groups in total. The predicted octanol–water partition coefficient (Wildman–Crippen LogP) is 1.94. The highest BCUT2D eigenvalue weighted by atomic mass is 15.3. The lowest BCUT2D eigenvalue weighted by atomic mass is 9.94. The van der Waals surface area contributed by atoms with Crippen LogP contribution in [0.3, 0.4) is 0 Å². The molecule has 3 rings (SSSR count). The molecule has 2 heterocycles. The topological polar surface area (TPSA) is 41.0 Å². The van der Waals surface area contributed by atoms with Gasteiger partial charge in [-0.25, -0.2) is 9.97 Å². The zero-order chi connectivity index (χ0) is 13.9. The molecule has 1 atom stereocenters. The minimum atomic E-state index is 0.400. The molecule has 0 saturated heterocycles. The van der Waals surface area contributed by atoms with Gasteiger partial charge in [-0.15, -0.1) is 0 Å². The molecular formula is C16H20N4. The Morgan fingerprint density at radius 2 is 2.05 bits per heavy atom. The van der Waals surface area contributed by atoms with Crippen molar-refractivity contribution in [3.8, 4) is 0 Å². The average molecular weight is 268 g/mol. The summed E-state index contributed by atoms with van der Waals surface area (Å²) in [7, 11) is 2.00. The van der Waals surface area contributed by atoms with Gasteiger partial charge in [-0.3, -0.25) is 0 Å². The Kier molecular flexibility index (Phi) is 3.65. The molecule has 1 aliphatic heterocycles. The largest absolute Gasteiger partial charge is 0.332 e. The number of aromatic nitrogens is 2. The van der Waals surface area contributed by atoms with E-state index in [-0.39, 0.29) is 0 Å². The summed E-state index contributed by atoms with van der Waals surface area (Å²) >= 11 is 0. The van der Waals surface area contributed by atoms with Crippen molar-refractivity contribution in [3.05, 3.63) is 53.3 Å². The van der Waals surface area contributed by atoms with Crippen LogP contribution in [-0.4, -0.2) is 29.6 Å². The fraction of sp³-hybridized carbons (Fsp3) is 0.375. The lowest BCUT2D eigenvalue weighted by Crippen LogP contribution is -2.46. The van der Waals surface area contributed by atoms with Crippen LogP contribution in [0.4, 0.5) is 5.95 Å². The summed E-state index contributed by atoms with van der Waals surface area (Å²) < 4.78 is 0. The second kappa shape index (κ2) is 5.59. The summed E-state index contributed by atoms with van der Waals surface area (Å²) in [5.41, 5.74) is 3.83. The lowest BCUT2D eigenvalue weighted by molar-refractivity contribution is 0.518. The Balaban J connectivity index is 1.96. The SMILES string of the molecule is CNCC1Cc2ccccc2CN1c1nccc(C)n1. The van der Waals surface area contributed by atoms with E-state index in [4.69, 9.17) is 0 Å². The molecule has 104 valence electrons. The summed E-state index contributed by atoms with van der Waals surface area (Å²) in [6, 6.07) is 11.0. The van der Waals surface area contributed by atoms with Crippen molar-refractivity contribution in [3.63, 3.8) is 0 Å². The normalized spacial score (nSPS) is 17.9. The first-order chi connectivity index (χ1) is 9.78. The summed E-state index contributed by atoms with van der Waals surface area (Å²) in [4.78, 5) is 11.4. The number of anilines is 1. The molecule has 2 aromatic rings. The molecule has 20 heavy (non-hydrogen) atoms. The van der Waals surface area contributed by atoms with Crippen LogP contribution < -0.4 is 10.2 Å². The quantitative estimate of drug-likeness (QED) is 0.923. The van der Waals surface area contributed by atoms with Gasteiger partial charge in [0.2, 0.25) is 5.95 Å². The Labute approximate surface area is 119 Å². The van der Waals surface area contributed by atoms with Crippen LogP contribution in [0.1, 0.15) is 16.8 Å². The van der Waals surface area contributed by atoms with E-state index in [0.29, 0.717) is 6.04 Å². The van der Waals surface area contributed by atoms with Crippen molar-refractivity contribution in [1.29, 1.82) is 0 Å². The van der Waals surface area contributed by atoms with Gasteiger partial charge in [0, 0.05) is 31.0 Å². The van der Waals surface area contributed by atoms with Crippen LogP contribution in [0.5, 0.6) is 0 Å². The molecule has 0 saturated carbocycles. The second-order valence-electron chi connectivity index (χ2n) is 5.31. The molecule has 0 spiro atoms. The van der Waals surface area contributed by atoms with E-state index in [1.54, 1.807) is 0 Å². The first-order valence-electron chi connectivity index (χ1n) is 7.05. The van der Waals surface area contributed by atoms with E-state index in [1.807, 2.05) is 26.2 Å². The maximum absolute atomic E-state index is 4.59. The van der Waals surface area contributed by atoms with Crippen LogP contribution in [0.2, 0.25) is 0 Å². The summed E-state index contributed by atoms with van der Waals surface area (Å²) in [6.45, 7) is 3.83. The summed E-state index contributed by atoms with van der Waals surface area (Å²) in [5, 5.41) is 3.29. The fourth-order valence-corrected chi connectivity index (χ4v) is 2.81. The number of nitrogens with one attached hydrogen (secondary N) is 1. The minimum Gasteiger partial charge on any atom is -0.332 e. The van der Waals surface area contributed by atoms with Crippen LogP contribution in [0.25, 0.3) is 0 Å². The molecule has 0 fully saturated rings. The van der Waals surface area contributed by atoms with Crippen molar-refractivity contribution >= 4 is 5.95 Å². The standard InChI is InChI=1S/C16H20N4/c1-12-7-8-18-16(19-12)20-11-14-6-4-3-5-13(14)9-15(20)10-17-2/h3-8,15,17H,9-11H2,1-2H3. The maximum Gasteiger partial charge on any atom is 0.226 e. The zero-order valence-electron chi connectivity index (χ0n) is 12.0. The third-order valence-electron chi connectivity index (χ3n) is 3.83. The van der Waals surface area contributed by atoms with Gasteiger partial charge in [-0.05, 0) is 37.6 Å². The van der Waals surface area contributed by atoms with E-state index in [1.165, 1.54) is 11.1 Å². The Hall–Kier alpha value is -1.94. The third-order valence-corrected chi connectivity index (χ3v) is 3.83. The Morgan fingerprint density at radius 1 is 1.25 bits per heavy atom. The van der Waals surface area contributed by atoms with Gasteiger partial charge in [-0.2, -0.15) is 0 Å². The molecule has 1 aromatic carbocycles. The first-order valence-corrected chi connectivity index (χ1v) is 7.05. The monoisotopic (exact) mass is 268 g/mol. The van der Waals surface area contributed by atoms with Gasteiger partial charge in [-0.1, -0.05) is 24.3 Å². The molecule has 0 radical (unpaired) electrons. The van der Waals surface area contributed by atoms with E-state index < -0.39 is 0 Å². The van der Waals surface area contributed by atoms with Crippen molar-refractivity contribution in [1.82, 2.24) is 15.3 Å². The maximum atomic E-state index is 4.59. The van der Waals surface area contributed by atoms with Crippen LogP contribution >= 0.6 is 0 Å². The lowest BCUT2D eigenvalue weighted by Gasteiger charge is -2.37. The smallest absolute Gasteiger partial charge is 0.226 e. The minimum absolute atomic E-state index is 0.400. The molecule has 0 bridgehead atoms. The molecule has 1 unspecified atom stereocenters. The Bertz CT molecular complexity index is 597. The molecule has 0 aliphatic carbocycles. The number of likely N-dealkylation sites (N-methyl/N-ethyl adjacent to an activating group) is 1. The highest BCUT2D eigenvalue weighted by molar-refractivity contribution is 5.42. The molecule has 4 heteroatoms. The van der Waals surface area contributed by atoms with E-state index >= 15 is 0 Å². The van der Waals surface area contributed by atoms with Gasteiger partial charge < -0.3 is 10.2 Å². The second-order valence-corrected chi connectivity index (χ2v) is 5.31. The Morgan fingerprint density at radius 3 is 2.80 bits per heavy atom. The molecule has 4 nitrogen and oxygen atoms in total. The van der Waals surface area contributed by atoms with Gasteiger partial charge in [0.1, 0.15) is 0 Å². The van der Waals surface area contributed by atoms with Crippen LogP contribution in [0.15, 0.2) is 36.5 Å². The van der Waals surface area contributed by atoms with Crippen molar-refractivity contribution in [2.24, 2.45) is 0 Å². The number of hydrogen-bond donors (Lipinski definition) is 1. The van der Waals surface area contributed by atoms with Gasteiger partial charge >= 0.3 is 0 Å². The summed E-state index contributed by atoms with van der Waals surface area (Å²) in [5.74, 6) is 0.833. The first kappa shape index (κ1) is 13.1.